The number of halogens is 1. The summed E-state index contributed by atoms with van der Waals surface area (Å²) in [6.45, 7) is 0. The summed E-state index contributed by atoms with van der Waals surface area (Å²) in [6.07, 6.45) is 0. The fourth-order valence-corrected chi connectivity index (χ4v) is 10.8. The third-order valence-corrected chi connectivity index (χ3v) is 13.3. The smallest absolute Gasteiger partial charge is 0.123 e. The van der Waals surface area contributed by atoms with Gasteiger partial charge in [-0.25, -0.2) is 4.39 Å². The maximum absolute atomic E-state index is 14.7. The van der Waals surface area contributed by atoms with E-state index in [2.05, 4.69) is 206 Å². The summed E-state index contributed by atoms with van der Waals surface area (Å²) in [7, 11) is 0. The van der Waals surface area contributed by atoms with Crippen molar-refractivity contribution in [3.8, 4) is 55.6 Å². The molecular weight excluding hydrogens is 740 g/mol. The Bertz CT molecular complexity index is 3250. The van der Waals surface area contributed by atoms with Crippen LogP contribution in [0.3, 0.4) is 0 Å². The topological polar surface area (TPSA) is 0 Å². The van der Waals surface area contributed by atoms with Gasteiger partial charge in [0.1, 0.15) is 5.82 Å². The first-order valence-electron chi connectivity index (χ1n) is 21.1. The molecule has 0 heterocycles. The molecule has 0 aliphatic heterocycles. The summed E-state index contributed by atoms with van der Waals surface area (Å²) >= 11 is 0. The maximum Gasteiger partial charge on any atom is 0.123 e. The van der Waals surface area contributed by atoms with Crippen molar-refractivity contribution in [3.63, 3.8) is 0 Å². The highest BCUT2D eigenvalue weighted by atomic mass is 19.1. The van der Waals surface area contributed by atoms with E-state index >= 15 is 0 Å². The molecule has 1 atom stereocenters. The van der Waals surface area contributed by atoms with Gasteiger partial charge in [0.25, 0.3) is 0 Å². The molecule has 0 aromatic heterocycles. The van der Waals surface area contributed by atoms with Crippen LogP contribution >= 0.6 is 0 Å². The molecule has 0 saturated heterocycles. The summed E-state index contributed by atoms with van der Waals surface area (Å²) in [5.74, 6) is -0.346. The van der Waals surface area contributed by atoms with Gasteiger partial charge in [0.15, 0.2) is 0 Å². The van der Waals surface area contributed by atoms with Crippen LogP contribution in [0.4, 0.5) is 4.39 Å². The average molecular weight is 779 g/mol. The first-order chi connectivity index (χ1) is 30.2. The molecule has 2 aliphatic rings. The van der Waals surface area contributed by atoms with Gasteiger partial charge in [-0.1, -0.05) is 218 Å². The first kappa shape index (κ1) is 35.3. The molecule has 0 nitrogen and oxygen atoms in total. The third-order valence-electron chi connectivity index (χ3n) is 13.3. The molecule has 0 fully saturated rings. The lowest BCUT2D eigenvalue weighted by Crippen LogP contribution is -2.28. The summed E-state index contributed by atoms with van der Waals surface area (Å²) in [4.78, 5) is 0. The Hall–Kier alpha value is -7.61. The average Bonchev–Trinajstić information content (AvgIpc) is 3.80. The van der Waals surface area contributed by atoms with Gasteiger partial charge in [-0.3, -0.25) is 0 Å². The van der Waals surface area contributed by atoms with Crippen molar-refractivity contribution in [3.05, 3.63) is 275 Å². The van der Waals surface area contributed by atoms with Crippen LogP contribution in [-0.4, -0.2) is 0 Å². The second-order valence-electron chi connectivity index (χ2n) is 16.4. The molecule has 61 heavy (non-hydrogen) atoms. The zero-order valence-electron chi connectivity index (χ0n) is 33.4. The van der Waals surface area contributed by atoms with E-state index < -0.39 is 5.41 Å². The van der Waals surface area contributed by atoms with Crippen molar-refractivity contribution in [2.24, 2.45) is 0 Å². The molecule has 1 heteroatoms. The number of rotatable bonds is 6. The predicted octanol–water partition coefficient (Wildman–Crippen LogP) is 15.5. The molecule has 12 rings (SSSR count). The van der Waals surface area contributed by atoms with Crippen LogP contribution in [0.5, 0.6) is 0 Å². The summed E-state index contributed by atoms with van der Waals surface area (Å²) in [5, 5.41) is 2.24. The Balaban J connectivity index is 1.13. The van der Waals surface area contributed by atoms with E-state index in [1.54, 1.807) is 12.1 Å². The van der Waals surface area contributed by atoms with Gasteiger partial charge in [0.05, 0.1) is 5.41 Å². The fraction of sp³-hybridized carbons (Fsp3) is 0.0333. The molecule has 0 saturated carbocycles. The minimum absolute atomic E-state index is 0.108. The SMILES string of the molecule is Fc1cccc(-c2cccc3cccc(-c4cccc(C(c5ccc(-c6ccccc6)cc5)c5cccc6c5C5(c7ccccc7-c7ccccc75)c5ccccc5-6)c4)c23)c1. The molecule has 10 aromatic carbocycles. The second kappa shape index (κ2) is 14.0. The zero-order chi connectivity index (χ0) is 40.5. The van der Waals surface area contributed by atoms with Gasteiger partial charge in [-0.2, -0.15) is 0 Å². The van der Waals surface area contributed by atoms with Crippen LogP contribution in [0, 0.1) is 5.82 Å². The summed E-state index contributed by atoms with van der Waals surface area (Å²) in [6, 6.07) is 83.0. The van der Waals surface area contributed by atoms with Crippen molar-refractivity contribution in [1.29, 1.82) is 0 Å². The molecule has 0 N–H and O–H groups in total. The minimum atomic E-state index is -0.495. The van der Waals surface area contributed by atoms with E-state index in [1.165, 1.54) is 78.4 Å². The van der Waals surface area contributed by atoms with Crippen LogP contribution in [-0.2, 0) is 5.41 Å². The second-order valence-corrected chi connectivity index (χ2v) is 16.4. The lowest BCUT2D eigenvalue weighted by Gasteiger charge is -2.34. The van der Waals surface area contributed by atoms with Crippen molar-refractivity contribution >= 4 is 10.8 Å². The van der Waals surface area contributed by atoms with Crippen molar-refractivity contribution < 1.29 is 4.39 Å². The van der Waals surface area contributed by atoms with Crippen molar-refractivity contribution in [1.82, 2.24) is 0 Å². The van der Waals surface area contributed by atoms with Crippen molar-refractivity contribution in [2.45, 2.75) is 11.3 Å². The third kappa shape index (κ3) is 5.37. The number of benzene rings is 10. The number of hydrogen-bond donors (Lipinski definition) is 0. The largest absolute Gasteiger partial charge is 0.207 e. The van der Waals surface area contributed by atoms with E-state index in [-0.39, 0.29) is 11.7 Å². The van der Waals surface area contributed by atoms with E-state index in [0.717, 1.165) is 33.0 Å². The molecule has 0 radical (unpaired) electrons. The van der Waals surface area contributed by atoms with Gasteiger partial charge < -0.3 is 0 Å². The van der Waals surface area contributed by atoms with Crippen LogP contribution in [0.25, 0.3) is 66.4 Å². The van der Waals surface area contributed by atoms with E-state index in [0.29, 0.717) is 0 Å². The highest BCUT2D eigenvalue weighted by Gasteiger charge is 2.53. The minimum Gasteiger partial charge on any atom is -0.207 e. The molecule has 10 aromatic rings. The molecule has 0 amide bonds. The van der Waals surface area contributed by atoms with Gasteiger partial charge in [0.2, 0.25) is 0 Å². The van der Waals surface area contributed by atoms with Crippen LogP contribution in [0.15, 0.2) is 231 Å². The first-order valence-corrected chi connectivity index (χ1v) is 21.1. The molecule has 1 spiro atoms. The molecule has 286 valence electrons. The monoisotopic (exact) mass is 778 g/mol. The van der Waals surface area contributed by atoms with Crippen LogP contribution in [0.2, 0.25) is 0 Å². The summed E-state index contributed by atoms with van der Waals surface area (Å²) in [5.41, 5.74) is 20.3. The van der Waals surface area contributed by atoms with E-state index in [4.69, 9.17) is 0 Å². The Labute approximate surface area is 355 Å². The van der Waals surface area contributed by atoms with Gasteiger partial charge >= 0.3 is 0 Å². The lowest BCUT2D eigenvalue weighted by atomic mass is 9.67. The Kier molecular flexibility index (Phi) is 8.12. The normalized spacial score (nSPS) is 13.4. The van der Waals surface area contributed by atoms with Gasteiger partial charge in [-0.15, -0.1) is 0 Å². The van der Waals surface area contributed by atoms with Gasteiger partial charge in [-0.05, 0) is 117 Å². The highest BCUT2D eigenvalue weighted by Crippen LogP contribution is 2.64. The number of fused-ring (bicyclic) bond motifs is 11. The van der Waals surface area contributed by atoms with Crippen LogP contribution < -0.4 is 0 Å². The molecule has 1 unspecified atom stereocenters. The maximum atomic E-state index is 14.7. The zero-order valence-corrected chi connectivity index (χ0v) is 33.4. The Morgan fingerprint density at radius 3 is 1.44 bits per heavy atom. The van der Waals surface area contributed by atoms with Crippen LogP contribution in [0.1, 0.15) is 44.9 Å². The fourth-order valence-electron chi connectivity index (χ4n) is 10.8. The Morgan fingerprint density at radius 1 is 0.328 bits per heavy atom. The van der Waals surface area contributed by atoms with E-state index in [1.807, 2.05) is 6.07 Å². The highest BCUT2D eigenvalue weighted by molar-refractivity contribution is 6.06. The lowest BCUT2D eigenvalue weighted by molar-refractivity contribution is 0.628. The summed E-state index contributed by atoms with van der Waals surface area (Å²) < 4.78 is 14.7. The number of hydrogen-bond acceptors (Lipinski definition) is 0. The quantitative estimate of drug-likeness (QED) is 0.148. The van der Waals surface area contributed by atoms with E-state index in [9.17, 15) is 4.39 Å². The molecular formula is C60H39F. The Morgan fingerprint density at radius 2 is 0.803 bits per heavy atom. The van der Waals surface area contributed by atoms with Crippen molar-refractivity contribution in [2.75, 3.05) is 0 Å². The molecule has 2 aliphatic carbocycles. The molecule has 0 bridgehead atoms. The standard InChI is InChI=1S/C60H39F/c61-46-22-11-20-44(38-46)48-27-13-18-41-17-12-26-47(58(41)48)43-19-10-21-45(37-43)57(42-35-33-40(34-36-42)39-15-2-1-3-16-39)53-29-14-28-52-51-25-6-9-32-56(51)60(59(52)53)54-30-7-4-23-49(54)50-24-5-8-31-55(50)60/h1-38,57H. The van der Waals surface area contributed by atoms with Gasteiger partial charge in [0, 0.05) is 5.92 Å². The predicted molar refractivity (Wildman–Crippen MR) is 250 cm³/mol.